The van der Waals surface area contributed by atoms with E-state index < -0.39 is 58.5 Å². The fourth-order valence-corrected chi connectivity index (χ4v) is 30.7. The Morgan fingerprint density at radius 1 is 0.500 bits per heavy atom. The van der Waals surface area contributed by atoms with Gasteiger partial charge in [0, 0.05) is 5.92 Å². The molecule has 1 saturated carbocycles. The van der Waals surface area contributed by atoms with Gasteiger partial charge >= 0.3 is 0 Å². The number of aromatic nitrogens is 4. The van der Waals surface area contributed by atoms with Gasteiger partial charge in [-0.2, -0.15) is 0 Å². The van der Waals surface area contributed by atoms with Gasteiger partial charge in [-0.1, -0.05) is 255 Å². The summed E-state index contributed by atoms with van der Waals surface area (Å²) < 4.78 is 1.85. The smallest absolute Gasteiger partial charge is 0.166 e. The molecule has 0 amide bonds. The number of rotatable bonds is 19. The Labute approximate surface area is 428 Å². The first-order valence-electron chi connectivity index (χ1n) is 25.7. The lowest BCUT2D eigenvalue weighted by Crippen LogP contribution is -2.91. The van der Waals surface area contributed by atoms with Crippen molar-refractivity contribution in [2.75, 3.05) is 5.73 Å². The zero-order valence-electron chi connectivity index (χ0n) is 42.5. The number of benzene rings is 6. The summed E-state index contributed by atoms with van der Waals surface area (Å²) in [6.07, 6.45) is 3.13. The highest BCUT2D eigenvalue weighted by Gasteiger charge is 2.80. The fraction of sp³-hybridized carbons (Fsp3) is 0.317. The Hall–Kier alpha value is -5.84. The molecule has 2 heterocycles. The zero-order valence-corrected chi connectivity index (χ0v) is 45.5. The highest BCUT2D eigenvalue weighted by Crippen LogP contribution is 2.62. The number of nitrogens with two attached hydrogens (primary N) is 1. The summed E-state index contributed by atoms with van der Waals surface area (Å²) in [4.78, 5) is 14.2. The molecule has 1 aliphatic carbocycles. The molecule has 0 radical (unpaired) electrons. The number of nitrogen functional groups attached to an aromatic ring is 1. The van der Waals surface area contributed by atoms with E-state index in [1.807, 2.05) is 114 Å². The average Bonchev–Trinajstić information content (AvgIpc) is 3.84. The van der Waals surface area contributed by atoms with Crippen LogP contribution in [-0.2, 0) is 5.54 Å². The molecule has 8 aromatic rings. The van der Waals surface area contributed by atoms with Crippen LogP contribution in [0, 0.1) is 23.7 Å². The summed E-state index contributed by atoms with van der Waals surface area (Å²) in [5.74, 6) is -0.540. The molecule has 0 saturated heterocycles. The summed E-state index contributed by atoms with van der Waals surface area (Å²) in [5.41, 5.74) is -0.811. The SMILES string of the molecule is CC(C)C[Si](c1ccccc1)(c1ccccc1)C(O)C1CC(C(O)[Si](CC(C)C)(c2ccccc2)c2ccccc2)(n2cnc3c(N)ncnc32)C1(O)C(O)[Si](CC(C)C)(c1ccccc1)c1ccccc1. The Morgan fingerprint density at radius 2 is 0.833 bits per heavy atom. The molecule has 2 aromatic heterocycles. The first-order chi connectivity index (χ1) is 34.7. The van der Waals surface area contributed by atoms with Crippen LogP contribution in [0.15, 0.2) is 195 Å². The number of fused-ring (bicyclic) bond motifs is 1. The normalized spacial score (nSPS) is 19.9. The summed E-state index contributed by atoms with van der Waals surface area (Å²) in [5, 5.41) is 66.0. The second-order valence-electron chi connectivity index (χ2n) is 21.8. The van der Waals surface area contributed by atoms with E-state index in [1.54, 1.807) is 6.33 Å². The van der Waals surface area contributed by atoms with Gasteiger partial charge in [-0.05, 0) is 42.3 Å². The van der Waals surface area contributed by atoms with Crippen LogP contribution in [-0.4, -0.2) is 86.9 Å². The van der Waals surface area contributed by atoms with E-state index in [-0.39, 0.29) is 30.0 Å². The highest BCUT2D eigenvalue weighted by atomic mass is 28.3. The third-order valence-corrected chi connectivity index (χ3v) is 33.0. The van der Waals surface area contributed by atoms with Crippen molar-refractivity contribution in [2.24, 2.45) is 23.7 Å². The molecule has 6 N–H and O–H groups in total. The van der Waals surface area contributed by atoms with Crippen LogP contribution in [0.4, 0.5) is 5.82 Å². The minimum Gasteiger partial charge on any atom is -0.395 e. The quantitative estimate of drug-likeness (QED) is 0.0592. The van der Waals surface area contributed by atoms with E-state index in [0.29, 0.717) is 29.3 Å². The molecule has 6 atom stereocenters. The molecule has 1 aliphatic rings. The van der Waals surface area contributed by atoms with Crippen molar-refractivity contribution in [1.29, 1.82) is 0 Å². The Balaban J connectivity index is 1.47. The molecular formula is C60H71N5O4Si3. The molecule has 9 nitrogen and oxygen atoms in total. The molecule has 372 valence electrons. The van der Waals surface area contributed by atoms with Crippen molar-refractivity contribution in [3.8, 4) is 0 Å². The predicted molar refractivity (Wildman–Crippen MR) is 301 cm³/mol. The number of hydrogen-bond acceptors (Lipinski definition) is 8. The van der Waals surface area contributed by atoms with Crippen molar-refractivity contribution >= 4 is 72.3 Å². The Bertz CT molecular complexity index is 2910. The van der Waals surface area contributed by atoms with Crippen molar-refractivity contribution in [3.63, 3.8) is 0 Å². The molecule has 1 fully saturated rings. The molecule has 6 unspecified atom stereocenters. The first kappa shape index (κ1) is 51.1. The molecular weight excluding hydrogens is 939 g/mol. The van der Waals surface area contributed by atoms with Crippen LogP contribution < -0.4 is 36.9 Å². The molecule has 6 aromatic carbocycles. The van der Waals surface area contributed by atoms with Crippen LogP contribution in [0.25, 0.3) is 11.2 Å². The van der Waals surface area contributed by atoms with Crippen molar-refractivity contribution in [1.82, 2.24) is 19.5 Å². The molecule has 0 aliphatic heterocycles. The lowest BCUT2D eigenvalue weighted by molar-refractivity contribution is -0.271. The molecule has 9 rings (SSSR count). The first-order valence-corrected chi connectivity index (χ1v) is 32.6. The van der Waals surface area contributed by atoms with Crippen molar-refractivity contribution in [3.05, 3.63) is 195 Å². The van der Waals surface area contributed by atoms with Gasteiger partial charge in [-0.3, -0.25) is 0 Å². The van der Waals surface area contributed by atoms with Crippen LogP contribution >= 0.6 is 0 Å². The van der Waals surface area contributed by atoms with E-state index in [1.165, 1.54) is 6.33 Å². The van der Waals surface area contributed by atoms with Crippen LogP contribution in [0.2, 0.25) is 18.1 Å². The van der Waals surface area contributed by atoms with Gasteiger partial charge in [-0.25, -0.2) is 15.0 Å². The van der Waals surface area contributed by atoms with Gasteiger partial charge < -0.3 is 30.7 Å². The monoisotopic (exact) mass is 1010 g/mol. The summed E-state index contributed by atoms with van der Waals surface area (Å²) in [6, 6.07) is 63.7. The Morgan fingerprint density at radius 3 is 1.19 bits per heavy atom. The van der Waals surface area contributed by atoms with Crippen LogP contribution in [0.5, 0.6) is 0 Å². The minimum atomic E-state index is -3.71. The lowest BCUT2D eigenvalue weighted by atomic mass is 9.55. The molecule has 0 bridgehead atoms. The van der Waals surface area contributed by atoms with Gasteiger partial charge in [0.15, 0.2) is 27.6 Å². The van der Waals surface area contributed by atoms with Crippen LogP contribution in [0.3, 0.4) is 0 Å². The zero-order chi connectivity index (χ0) is 50.9. The highest BCUT2D eigenvalue weighted by molar-refractivity contribution is 7.05. The third-order valence-electron chi connectivity index (χ3n) is 16.2. The van der Waals surface area contributed by atoms with Gasteiger partial charge in [0.25, 0.3) is 0 Å². The van der Waals surface area contributed by atoms with Crippen molar-refractivity contribution in [2.45, 2.75) is 94.4 Å². The molecule has 0 spiro atoms. The fourth-order valence-electron chi connectivity index (χ4n) is 13.5. The molecule has 72 heavy (non-hydrogen) atoms. The maximum absolute atomic E-state index is 15.7. The summed E-state index contributed by atoms with van der Waals surface area (Å²) >= 11 is 0. The number of hydrogen-bond donors (Lipinski definition) is 5. The lowest BCUT2D eigenvalue weighted by Gasteiger charge is -2.70. The van der Waals surface area contributed by atoms with E-state index in [4.69, 9.17) is 15.7 Å². The summed E-state index contributed by atoms with van der Waals surface area (Å²) in [7, 11) is -10.7. The van der Waals surface area contributed by atoms with E-state index in [9.17, 15) is 15.3 Å². The van der Waals surface area contributed by atoms with Gasteiger partial charge in [0.05, 0.1) is 23.5 Å². The third kappa shape index (κ3) is 8.25. The van der Waals surface area contributed by atoms with Gasteiger partial charge in [-0.15, -0.1) is 0 Å². The van der Waals surface area contributed by atoms with Gasteiger partial charge in [0.2, 0.25) is 0 Å². The summed E-state index contributed by atoms with van der Waals surface area (Å²) in [6.45, 7) is 13.2. The van der Waals surface area contributed by atoms with Crippen LogP contribution in [0.1, 0.15) is 48.0 Å². The number of imidazole rings is 1. The van der Waals surface area contributed by atoms with Gasteiger partial charge in [0.1, 0.15) is 31.1 Å². The van der Waals surface area contributed by atoms with Crippen molar-refractivity contribution < 1.29 is 20.4 Å². The maximum atomic E-state index is 15.7. The maximum Gasteiger partial charge on any atom is 0.166 e. The van der Waals surface area contributed by atoms with E-state index in [2.05, 4.69) is 119 Å². The molecule has 12 heteroatoms. The standard InChI is InChI=1S/C60H71N5O4Si3/c1-43(2)38-70(46-25-13-7-14-26-46,47-27-15-8-16-28-47)56(66)52-37-59(65-42-64-53-54(61)62-41-63-55(53)65,57(67)71(39-44(3)4,48-29-17-9-18-30-48)49-31-19-10-20-32-49)60(52,69)58(68)72(40-45(5)6,50-33-21-11-22-34-50)51-35-23-12-24-36-51/h7-36,41-45,52,56-58,66-69H,37-40H2,1-6H3,(H2,61,62,63). The number of aliphatic hydroxyl groups excluding tert-OH is 3. The topological polar surface area (TPSA) is 151 Å². The Kier molecular flexibility index (Phi) is 14.6. The van der Waals surface area contributed by atoms with E-state index in [0.717, 1.165) is 31.1 Å². The minimum absolute atomic E-state index is 0.0609. The number of aliphatic hydroxyl groups is 4. The largest absolute Gasteiger partial charge is 0.395 e. The second kappa shape index (κ2) is 20.6. The predicted octanol–water partition coefficient (Wildman–Crippen LogP) is 6.31. The number of nitrogens with zero attached hydrogens (tertiary/aromatic N) is 4. The average molecular weight is 1010 g/mol. The second-order valence-corrected chi connectivity index (χ2v) is 34.0. The number of anilines is 1. The van der Waals surface area contributed by atoms with E-state index >= 15 is 5.11 Å².